The molecule has 0 saturated carbocycles. The van der Waals surface area contributed by atoms with Crippen LogP contribution in [0, 0.1) is 17.7 Å². The molecule has 1 aliphatic heterocycles. The monoisotopic (exact) mass is 446 g/mol. The largest absolute Gasteiger partial charge is 0.385 e. The summed E-state index contributed by atoms with van der Waals surface area (Å²) in [6.07, 6.45) is 1.41. The van der Waals surface area contributed by atoms with Crippen LogP contribution in [0.5, 0.6) is 0 Å². The number of aliphatic imine (C=N–C) groups is 1. The van der Waals surface area contributed by atoms with E-state index in [1.807, 2.05) is 0 Å². The van der Waals surface area contributed by atoms with Gasteiger partial charge in [0.05, 0.1) is 0 Å². The number of ether oxygens (including phenoxy) is 2. The molecule has 0 aliphatic carbocycles. The van der Waals surface area contributed by atoms with Gasteiger partial charge in [0.15, 0.2) is 5.54 Å². The van der Waals surface area contributed by atoms with Gasteiger partial charge in [-0.05, 0) is 37.3 Å². The van der Waals surface area contributed by atoms with E-state index in [0.29, 0.717) is 5.56 Å². The maximum absolute atomic E-state index is 14.8. The van der Waals surface area contributed by atoms with Crippen LogP contribution in [-0.4, -0.2) is 49.6 Å². The minimum Gasteiger partial charge on any atom is -0.385 e. The number of rotatable bonds is 4. The molecule has 1 aromatic carbocycles. The van der Waals surface area contributed by atoms with E-state index in [4.69, 9.17) is 15.2 Å². The number of methoxy groups -OCH3 is 1. The fraction of sp³-hybridized carbons (Fsp3) is 0.318. The summed E-state index contributed by atoms with van der Waals surface area (Å²) in [6.45, 7) is 0.0619. The number of amides is 1. The summed E-state index contributed by atoms with van der Waals surface area (Å²) in [7, 11) is 1.52. The molecule has 32 heavy (non-hydrogen) atoms. The van der Waals surface area contributed by atoms with Crippen LogP contribution in [0.2, 0.25) is 0 Å². The molecule has 0 fully saturated rings. The average molecular weight is 446 g/mol. The molecule has 1 aromatic heterocycles. The van der Waals surface area contributed by atoms with Gasteiger partial charge >= 0.3 is 0 Å². The Morgan fingerprint density at radius 2 is 2.12 bits per heavy atom. The van der Waals surface area contributed by atoms with Crippen LogP contribution in [-0.2, 0) is 15.0 Å². The number of alkyl halides is 2. The van der Waals surface area contributed by atoms with E-state index in [1.165, 1.54) is 25.4 Å². The van der Waals surface area contributed by atoms with Crippen LogP contribution in [0.15, 0.2) is 41.5 Å². The highest BCUT2D eigenvalue weighted by molar-refractivity contribution is 6.02. The molecule has 3 rings (SSSR count). The van der Waals surface area contributed by atoms with Gasteiger partial charge in [-0.2, -0.15) is 0 Å². The molecule has 0 radical (unpaired) electrons. The number of hydrogen-bond acceptors (Lipinski definition) is 6. The number of nitrogens with zero attached hydrogens (tertiary/aromatic N) is 2. The molecule has 0 saturated heterocycles. The van der Waals surface area contributed by atoms with Crippen molar-refractivity contribution in [1.29, 1.82) is 0 Å². The van der Waals surface area contributed by atoms with Gasteiger partial charge < -0.3 is 20.5 Å². The van der Waals surface area contributed by atoms with Crippen LogP contribution in [0.25, 0.3) is 0 Å². The van der Waals surface area contributed by atoms with Gasteiger partial charge in [-0.25, -0.2) is 18.2 Å². The Balaban J connectivity index is 1.87. The lowest BCUT2D eigenvalue weighted by Crippen LogP contribution is -2.45. The van der Waals surface area contributed by atoms with Crippen LogP contribution in [0.3, 0.4) is 0 Å². The zero-order chi connectivity index (χ0) is 23.4. The number of nitrogens with one attached hydrogen (secondary N) is 1. The molecule has 7 nitrogen and oxygen atoms in total. The topological polar surface area (TPSA) is 98.8 Å². The van der Waals surface area contributed by atoms with Crippen LogP contribution < -0.4 is 11.1 Å². The number of carbonyl (C=O) groups is 1. The standard InChI is InChI=1S/C22H21F3N4O3/c1-21(22(24,25)13-32-12-19(26)29-21)16-10-15(6-7-17(16)23)28-20(30)18-8-5-14(11-27-18)4-3-9-31-2/h5-8,10-11H,9,12-13H2,1-2H3,(H2,26,29)(H,28,30). The molecule has 3 N–H and O–H groups in total. The van der Waals surface area contributed by atoms with Gasteiger partial charge in [0, 0.05) is 30.1 Å². The SMILES string of the molecule is COCC#Cc1ccc(C(=O)Nc2ccc(F)c(C3(C)N=C(N)COCC3(F)F)c2)nc1. The summed E-state index contributed by atoms with van der Waals surface area (Å²) in [5, 5.41) is 2.53. The Morgan fingerprint density at radius 3 is 2.81 bits per heavy atom. The number of anilines is 1. The highest BCUT2D eigenvalue weighted by Gasteiger charge is 2.54. The van der Waals surface area contributed by atoms with Crippen LogP contribution in [0.1, 0.15) is 28.5 Å². The van der Waals surface area contributed by atoms with Crippen molar-refractivity contribution in [2.24, 2.45) is 10.7 Å². The van der Waals surface area contributed by atoms with E-state index in [2.05, 4.69) is 27.1 Å². The van der Waals surface area contributed by atoms with Gasteiger partial charge in [0.1, 0.15) is 37.2 Å². The van der Waals surface area contributed by atoms with Crippen molar-refractivity contribution >= 4 is 17.4 Å². The molecule has 1 atom stereocenters. The average Bonchev–Trinajstić information content (AvgIpc) is 2.85. The number of carbonyl (C=O) groups excluding carboxylic acids is 1. The maximum atomic E-state index is 14.8. The van der Waals surface area contributed by atoms with Crippen molar-refractivity contribution in [2.75, 3.05) is 32.2 Å². The molecule has 0 bridgehead atoms. The number of benzene rings is 1. The molecule has 2 heterocycles. The Bertz CT molecular complexity index is 1090. The first-order valence-electron chi connectivity index (χ1n) is 9.51. The smallest absolute Gasteiger partial charge is 0.299 e. The maximum Gasteiger partial charge on any atom is 0.299 e. The second kappa shape index (κ2) is 9.38. The van der Waals surface area contributed by atoms with Gasteiger partial charge in [0.25, 0.3) is 11.8 Å². The van der Waals surface area contributed by atoms with Gasteiger partial charge in [-0.15, -0.1) is 0 Å². The summed E-state index contributed by atoms with van der Waals surface area (Å²) in [4.78, 5) is 20.4. The van der Waals surface area contributed by atoms with Crippen LogP contribution >= 0.6 is 0 Å². The molecule has 10 heteroatoms. The first kappa shape index (κ1) is 23.2. The fourth-order valence-electron chi connectivity index (χ4n) is 3.07. The third kappa shape index (κ3) is 4.90. The number of hydrogen-bond donors (Lipinski definition) is 2. The first-order chi connectivity index (χ1) is 15.2. The second-order valence-corrected chi connectivity index (χ2v) is 7.19. The fourth-order valence-corrected chi connectivity index (χ4v) is 3.07. The molecule has 168 valence electrons. The Hall–Kier alpha value is -3.42. The molecule has 1 aliphatic rings. The molecule has 1 amide bonds. The van der Waals surface area contributed by atoms with Gasteiger partial charge in [-0.3, -0.25) is 9.79 Å². The summed E-state index contributed by atoms with van der Waals surface area (Å²) < 4.78 is 53.9. The lowest BCUT2D eigenvalue weighted by molar-refractivity contribution is -0.116. The molecule has 0 spiro atoms. The van der Waals surface area contributed by atoms with Gasteiger partial charge in [-0.1, -0.05) is 11.8 Å². The number of pyridine rings is 1. The lowest BCUT2D eigenvalue weighted by atomic mass is 9.85. The number of aromatic nitrogens is 1. The Kier molecular flexibility index (Phi) is 6.81. The Morgan fingerprint density at radius 1 is 1.34 bits per heavy atom. The van der Waals surface area contributed by atoms with Gasteiger partial charge in [0.2, 0.25) is 0 Å². The Labute approximate surface area is 182 Å². The quantitative estimate of drug-likeness (QED) is 0.704. The zero-order valence-electron chi connectivity index (χ0n) is 17.4. The van der Waals surface area contributed by atoms with Crippen molar-refractivity contribution in [3.05, 3.63) is 59.2 Å². The molecule has 2 aromatic rings. The third-order valence-electron chi connectivity index (χ3n) is 4.81. The summed E-state index contributed by atoms with van der Waals surface area (Å²) in [5.41, 5.74) is 3.64. The third-order valence-corrected chi connectivity index (χ3v) is 4.81. The van der Waals surface area contributed by atoms with E-state index >= 15 is 0 Å². The van der Waals surface area contributed by atoms with Crippen molar-refractivity contribution in [3.8, 4) is 11.8 Å². The highest BCUT2D eigenvalue weighted by Crippen LogP contribution is 2.44. The highest BCUT2D eigenvalue weighted by atomic mass is 19.3. The van der Waals surface area contributed by atoms with Crippen molar-refractivity contribution < 1.29 is 27.4 Å². The number of halogens is 3. The minimum atomic E-state index is -3.54. The summed E-state index contributed by atoms with van der Waals surface area (Å²) in [5.74, 6) is 0.329. The predicted octanol–water partition coefficient (Wildman–Crippen LogP) is 2.71. The lowest BCUT2D eigenvalue weighted by Gasteiger charge is -2.33. The normalized spacial score (nSPS) is 19.8. The summed E-state index contributed by atoms with van der Waals surface area (Å²) >= 11 is 0. The first-order valence-corrected chi connectivity index (χ1v) is 9.51. The molecule has 1 unspecified atom stereocenters. The van der Waals surface area contributed by atoms with E-state index in [1.54, 1.807) is 6.07 Å². The van der Waals surface area contributed by atoms with Crippen molar-refractivity contribution in [3.63, 3.8) is 0 Å². The van der Waals surface area contributed by atoms with E-state index in [9.17, 15) is 18.0 Å². The second-order valence-electron chi connectivity index (χ2n) is 7.19. The molecular weight excluding hydrogens is 425 g/mol. The van der Waals surface area contributed by atoms with E-state index in [-0.39, 0.29) is 30.4 Å². The van der Waals surface area contributed by atoms with E-state index in [0.717, 1.165) is 19.1 Å². The zero-order valence-corrected chi connectivity index (χ0v) is 17.4. The molecular formula is C22H21F3N4O3. The predicted molar refractivity (Wildman–Crippen MR) is 112 cm³/mol. The minimum absolute atomic E-state index is 0.0647. The van der Waals surface area contributed by atoms with Crippen molar-refractivity contribution in [2.45, 2.75) is 18.4 Å². The van der Waals surface area contributed by atoms with E-state index < -0.39 is 35.4 Å². The number of amidine groups is 1. The summed E-state index contributed by atoms with van der Waals surface area (Å²) in [6, 6.07) is 6.40. The number of nitrogens with two attached hydrogens (primary N) is 1. The van der Waals surface area contributed by atoms with Crippen LogP contribution in [0.4, 0.5) is 18.9 Å². The van der Waals surface area contributed by atoms with Crippen molar-refractivity contribution in [1.82, 2.24) is 4.98 Å².